The molecule has 0 heterocycles. The van der Waals surface area contributed by atoms with E-state index in [0.29, 0.717) is 17.7 Å². The Morgan fingerprint density at radius 1 is 1.44 bits per heavy atom. The molecule has 1 rings (SSSR count). The number of aliphatic hydroxyl groups is 2. The van der Waals surface area contributed by atoms with Gasteiger partial charge in [-0.05, 0) is 37.2 Å². The van der Waals surface area contributed by atoms with Gasteiger partial charge in [0.15, 0.2) is 0 Å². The Labute approximate surface area is 106 Å². The van der Waals surface area contributed by atoms with Gasteiger partial charge < -0.3 is 20.3 Å². The van der Waals surface area contributed by atoms with E-state index in [9.17, 15) is 15.0 Å². The molecule has 0 aliphatic carbocycles. The highest BCUT2D eigenvalue weighted by Gasteiger charge is 2.20. The van der Waals surface area contributed by atoms with Crippen LogP contribution in [0, 0.1) is 6.92 Å². The molecule has 0 aliphatic heterocycles. The molecule has 0 spiro atoms. The van der Waals surface area contributed by atoms with Crippen molar-refractivity contribution in [3.63, 3.8) is 0 Å². The number of nitrogens with one attached hydrogen (secondary N) is 1. The molecule has 0 bridgehead atoms. The zero-order valence-corrected chi connectivity index (χ0v) is 10.8. The fraction of sp³-hybridized carbons (Fsp3) is 0.462. The van der Waals surface area contributed by atoms with E-state index in [-0.39, 0.29) is 0 Å². The normalized spacial score (nSPS) is 14.1. The molecule has 18 heavy (non-hydrogen) atoms. The number of hydrogen-bond acceptors (Lipinski definition) is 5. The van der Waals surface area contributed by atoms with E-state index in [4.69, 9.17) is 0 Å². The van der Waals surface area contributed by atoms with Crippen LogP contribution in [0.2, 0.25) is 0 Å². The van der Waals surface area contributed by atoms with E-state index >= 15 is 0 Å². The number of ether oxygens (including phenoxy) is 1. The van der Waals surface area contributed by atoms with Gasteiger partial charge in [-0.1, -0.05) is 6.07 Å². The van der Waals surface area contributed by atoms with Gasteiger partial charge in [-0.3, -0.25) is 0 Å². The van der Waals surface area contributed by atoms with E-state index in [0.717, 1.165) is 5.56 Å². The third-order valence-electron chi connectivity index (χ3n) is 2.79. The van der Waals surface area contributed by atoms with Crippen LogP contribution in [0.3, 0.4) is 0 Å². The number of carbonyl (C=O) groups is 1. The van der Waals surface area contributed by atoms with Gasteiger partial charge in [-0.15, -0.1) is 0 Å². The maximum atomic E-state index is 11.3. The smallest absolute Gasteiger partial charge is 0.337 e. The molecule has 0 radical (unpaired) electrons. The Kier molecular flexibility index (Phi) is 5.27. The minimum atomic E-state index is -0.982. The second-order valence-electron chi connectivity index (χ2n) is 4.13. The summed E-state index contributed by atoms with van der Waals surface area (Å²) in [5, 5.41) is 22.5. The molecular weight excluding hydrogens is 234 g/mol. The van der Waals surface area contributed by atoms with E-state index in [2.05, 4.69) is 10.1 Å². The van der Waals surface area contributed by atoms with Crippen molar-refractivity contribution in [2.45, 2.75) is 19.1 Å². The number of aryl methyl sites for hydroxylation is 1. The summed E-state index contributed by atoms with van der Waals surface area (Å²) < 4.78 is 4.62. The van der Waals surface area contributed by atoms with Crippen LogP contribution in [0.25, 0.3) is 0 Å². The number of aliphatic hydroxyl groups excluding tert-OH is 2. The van der Waals surface area contributed by atoms with Gasteiger partial charge in [0.1, 0.15) is 6.10 Å². The maximum Gasteiger partial charge on any atom is 0.337 e. The van der Waals surface area contributed by atoms with Gasteiger partial charge in [0.2, 0.25) is 0 Å². The summed E-state index contributed by atoms with van der Waals surface area (Å²) in [6, 6.07) is 4.84. The van der Waals surface area contributed by atoms with Gasteiger partial charge in [0, 0.05) is 6.54 Å². The first kappa shape index (κ1) is 14.6. The Balaban J connectivity index is 2.94. The third-order valence-corrected chi connectivity index (χ3v) is 2.79. The standard InChI is InChI=1S/C13H19NO4/c1-8-6-9(13(17)18-3)4-5-10(8)12(16)11(15)7-14-2/h4-6,11-12,14-16H,7H2,1-3H3. The van der Waals surface area contributed by atoms with Crippen LogP contribution in [0.5, 0.6) is 0 Å². The van der Waals surface area contributed by atoms with Crippen molar-refractivity contribution in [1.29, 1.82) is 0 Å². The van der Waals surface area contributed by atoms with Crippen LogP contribution in [-0.4, -0.2) is 43.0 Å². The van der Waals surface area contributed by atoms with Crippen molar-refractivity contribution in [1.82, 2.24) is 5.32 Å². The van der Waals surface area contributed by atoms with Crippen molar-refractivity contribution in [2.24, 2.45) is 0 Å². The molecule has 1 aromatic rings. The molecule has 0 saturated carbocycles. The maximum absolute atomic E-state index is 11.3. The summed E-state index contributed by atoms with van der Waals surface area (Å²) in [5.74, 6) is -0.421. The number of hydrogen-bond donors (Lipinski definition) is 3. The van der Waals surface area contributed by atoms with Gasteiger partial charge in [0.25, 0.3) is 0 Å². The predicted molar refractivity (Wildman–Crippen MR) is 67.4 cm³/mol. The lowest BCUT2D eigenvalue weighted by Gasteiger charge is -2.20. The predicted octanol–water partition coefficient (Wildman–Crippen LogP) is 0.395. The largest absolute Gasteiger partial charge is 0.465 e. The first-order valence-corrected chi connectivity index (χ1v) is 5.70. The van der Waals surface area contributed by atoms with Gasteiger partial charge in [0.05, 0.1) is 18.8 Å². The molecule has 0 aromatic heterocycles. The van der Waals surface area contributed by atoms with Crippen LogP contribution >= 0.6 is 0 Å². The minimum absolute atomic E-state index is 0.291. The molecule has 1 aromatic carbocycles. The van der Waals surface area contributed by atoms with Gasteiger partial charge in [-0.25, -0.2) is 4.79 Å². The first-order chi connectivity index (χ1) is 8.51. The molecule has 5 nitrogen and oxygen atoms in total. The number of esters is 1. The average Bonchev–Trinajstić information content (AvgIpc) is 2.37. The van der Waals surface area contributed by atoms with Gasteiger partial charge >= 0.3 is 5.97 Å². The monoisotopic (exact) mass is 253 g/mol. The lowest BCUT2D eigenvalue weighted by molar-refractivity contribution is 0.0198. The highest BCUT2D eigenvalue weighted by molar-refractivity contribution is 5.89. The molecule has 2 atom stereocenters. The Morgan fingerprint density at radius 3 is 2.61 bits per heavy atom. The zero-order chi connectivity index (χ0) is 13.7. The minimum Gasteiger partial charge on any atom is -0.465 e. The van der Waals surface area contributed by atoms with Crippen molar-refractivity contribution < 1.29 is 19.7 Å². The van der Waals surface area contributed by atoms with E-state index in [1.165, 1.54) is 7.11 Å². The molecule has 0 fully saturated rings. The molecular formula is C13H19NO4. The topological polar surface area (TPSA) is 78.8 Å². The fourth-order valence-electron chi connectivity index (χ4n) is 1.78. The molecule has 5 heteroatoms. The van der Waals surface area contributed by atoms with E-state index in [1.54, 1.807) is 32.2 Å². The molecule has 0 amide bonds. The Bertz CT molecular complexity index is 419. The molecule has 100 valence electrons. The lowest BCUT2D eigenvalue weighted by atomic mass is 9.97. The van der Waals surface area contributed by atoms with E-state index in [1.807, 2.05) is 0 Å². The van der Waals surface area contributed by atoms with Crippen LogP contribution in [-0.2, 0) is 4.74 Å². The van der Waals surface area contributed by atoms with Crippen LogP contribution in [0.15, 0.2) is 18.2 Å². The number of rotatable bonds is 5. The number of benzene rings is 1. The van der Waals surface area contributed by atoms with Crippen molar-refractivity contribution in [3.8, 4) is 0 Å². The van der Waals surface area contributed by atoms with Crippen molar-refractivity contribution >= 4 is 5.97 Å². The second-order valence-corrected chi connectivity index (χ2v) is 4.13. The van der Waals surface area contributed by atoms with E-state index < -0.39 is 18.2 Å². The van der Waals surface area contributed by atoms with Crippen LogP contribution in [0.4, 0.5) is 0 Å². The highest BCUT2D eigenvalue weighted by Crippen LogP contribution is 2.22. The summed E-state index contributed by atoms with van der Waals surface area (Å²) in [4.78, 5) is 11.3. The summed E-state index contributed by atoms with van der Waals surface area (Å²) in [5.41, 5.74) is 1.76. The average molecular weight is 253 g/mol. The van der Waals surface area contributed by atoms with Crippen molar-refractivity contribution in [3.05, 3.63) is 34.9 Å². The third kappa shape index (κ3) is 3.29. The summed E-state index contributed by atoms with van der Waals surface area (Å²) in [6.07, 6.45) is -1.87. The quantitative estimate of drug-likeness (QED) is 0.662. The zero-order valence-electron chi connectivity index (χ0n) is 10.8. The Morgan fingerprint density at radius 2 is 2.11 bits per heavy atom. The SMILES string of the molecule is CNCC(O)C(O)c1ccc(C(=O)OC)cc1C. The number of likely N-dealkylation sites (N-methyl/N-ethyl adjacent to an activating group) is 1. The second kappa shape index (κ2) is 6.49. The number of carbonyl (C=O) groups excluding carboxylic acids is 1. The summed E-state index contributed by atoms with van der Waals surface area (Å²) in [7, 11) is 3.01. The lowest BCUT2D eigenvalue weighted by Crippen LogP contribution is -2.30. The Hall–Kier alpha value is -1.43. The highest BCUT2D eigenvalue weighted by atomic mass is 16.5. The fourth-order valence-corrected chi connectivity index (χ4v) is 1.78. The van der Waals surface area contributed by atoms with Gasteiger partial charge in [-0.2, -0.15) is 0 Å². The summed E-state index contributed by atoms with van der Waals surface area (Å²) >= 11 is 0. The molecule has 2 unspecified atom stereocenters. The molecule has 3 N–H and O–H groups in total. The van der Waals surface area contributed by atoms with Crippen LogP contribution in [0.1, 0.15) is 27.6 Å². The molecule has 0 saturated heterocycles. The van der Waals surface area contributed by atoms with Crippen molar-refractivity contribution in [2.75, 3.05) is 20.7 Å². The van der Waals surface area contributed by atoms with Crippen LogP contribution < -0.4 is 5.32 Å². The number of methoxy groups -OCH3 is 1. The molecule has 0 aliphatic rings. The first-order valence-electron chi connectivity index (χ1n) is 5.70. The summed E-state index contributed by atoms with van der Waals surface area (Å²) in [6.45, 7) is 2.07.